The van der Waals surface area contributed by atoms with Crippen molar-refractivity contribution in [1.29, 1.82) is 0 Å². The maximum Gasteiger partial charge on any atom is 0.140 e. The first kappa shape index (κ1) is 10.5. The Bertz CT molecular complexity index is 448. The van der Waals surface area contributed by atoms with Crippen LogP contribution >= 0.6 is 22.6 Å². The minimum absolute atomic E-state index is 0.879. The van der Waals surface area contributed by atoms with Crippen LogP contribution in [0.3, 0.4) is 0 Å². The molecule has 0 aromatic heterocycles. The van der Waals surface area contributed by atoms with Gasteiger partial charge >= 0.3 is 0 Å². The lowest BCUT2D eigenvalue weighted by Gasteiger charge is -2.07. The zero-order chi connectivity index (χ0) is 10.7. The van der Waals surface area contributed by atoms with E-state index in [1.807, 2.05) is 48.5 Å². The van der Waals surface area contributed by atoms with Crippen LogP contribution in [0.1, 0.15) is 5.56 Å². The highest BCUT2D eigenvalue weighted by atomic mass is 127. The van der Waals surface area contributed by atoms with Gasteiger partial charge in [-0.05, 0) is 53.8 Å². The molecule has 0 saturated heterocycles. The Labute approximate surface area is 103 Å². The average Bonchev–Trinajstić information content (AvgIpc) is 2.25. The van der Waals surface area contributed by atoms with Crippen molar-refractivity contribution in [3.8, 4) is 11.5 Å². The Kier molecular flexibility index (Phi) is 3.26. The molecule has 0 aliphatic heterocycles. The summed E-state index contributed by atoms with van der Waals surface area (Å²) in [5.74, 6) is 1.78. The maximum absolute atomic E-state index is 5.76. The van der Waals surface area contributed by atoms with E-state index in [1.54, 1.807) is 0 Å². The number of hydrogen-bond acceptors (Lipinski definition) is 1. The number of rotatable bonds is 2. The quantitative estimate of drug-likeness (QED) is 0.748. The molecule has 0 saturated carbocycles. The van der Waals surface area contributed by atoms with Crippen molar-refractivity contribution in [3.63, 3.8) is 0 Å². The van der Waals surface area contributed by atoms with Gasteiger partial charge in [0.25, 0.3) is 0 Å². The summed E-state index contributed by atoms with van der Waals surface area (Å²) in [5, 5.41) is 0. The third-order valence-corrected chi connectivity index (χ3v) is 2.98. The molecule has 0 N–H and O–H groups in total. The normalized spacial score (nSPS) is 10.0. The molecule has 0 unspecified atom stereocenters. The summed E-state index contributed by atoms with van der Waals surface area (Å²) in [5.41, 5.74) is 1.24. The van der Waals surface area contributed by atoms with E-state index in [0.717, 1.165) is 15.1 Å². The zero-order valence-electron chi connectivity index (χ0n) is 8.41. The molecule has 0 aliphatic carbocycles. The Morgan fingerprint density at radius 1 is 0.933 bits per heavy atom. The topological polar surface area (TPSA) is 9.23 Å². The molecule has 0 heterocycles. The summed E-state index contributed by atoms with van der Waals surface area (Å²) < 4.78 is 6.88. The first-order valence-electron chi connectivity index (χ1n) is 4.75. The van der Waals surface area contributed by atoms with Crippen LogP contribution in [-0.4, -0.2) is 0 Å². The Balaban J connectivity index is 2.22. The molecule has 2 heteroatoms. The second-order valence-electron chi connectivity index (χ2n) is 3.35. The molecule has 0 spiro atoms. The lowest BCUT2D eigenvalue weighted by Crippen LogP contribution is -1.86. The molecule has 1 nitrogen and oxygen atoms in total. The minimum Gasteiger partial charge on any atom is -0.456 e. The fraction of sp³-hybridized carbons (Fsp3) is 0.0769. The third-order valence-electron chi connectivity index (χ3n) is 2.09. The summed E-state index contributed by atoms with van der Waals surface area (Å²) in [7, 11) is 0. The van der Waals surface area contributed by atoms with E-state index in [2.05, 4.69) is 29.5 Å². The maximum atomic E-state index is 5.76. The van der Waals surface area contributed by atoms with E-state index in [4.69, 9.17) is 4.74 Å². The fourth-order valence-corrected chi connectivity index (χ4v) is 1.76. The third kappa shape index (κ3) is 2.72. The summed E-state index contributed by atoms with van der Waals surface area (Å²) in [6.45, 7) is 2.07. The van der Waals surface area contributed by atoms with Crippen LogP contribution in [0.25, 0.3) is 0 Å². The minimum atomic E-state index is 0.879. The van der Waals surface area contributed by atoms with E-state index in [1.165, 1.54) is 5.56 Å². The number of halogens is 1. The van der Waals surface area contributed by atoms with Crippen molar-refractivity contribution in [2.75, 3.05) is 0 Å². The molecule has 2 aromatic rings. The van der Waals surface area contributed by atoms with Crippen molar-refractivity contribution in [2.24, 2.45) is 0 Å². The van der Waals surface area contributed by atoms with Gasteiger partial charge in [0.05, 0.1) is 3.57 Å². The molecule has 0 aliphatic rings. The van der Waals surface area contributed by atoms with Crippen LogP contribution in [0, 0.1) is 10.5 Å². The van der Waals surface area contributed by atoms with E-state index in [-0.39, 0.29) is 0 Å². The Hall–Kier alpha value is -1.03. The van der Waals surface area contributed by atoms with Crippen LogP contribution < -0.4 is 4.74 Å². The highest BCUT2D eigenvalue weighted by molar-refractivity contribution is 14.1. The zero-order valence-corrected chi connectivity index (χ0v) is 10.6. The Morgan fingerprint density at radius 3 is 2.27 bits per heavy atom. The molecule has 76 valence electrons. The number of para-hydroxylation sites is 1. The van der Waals surface area contributed by atoms with Gasteiger partial charge in [0.15, 0.2) is 0 Å². The van der Waals surface area contributed by atoms with Crippen LogP contribution in [0.5, 0.6) is 11.5 Å². The van der Waals surface area contributed by atoms with E-state index >= 15 is 0 Å². The molecule has 2 rings (SSSR count). The van der Waals surface area contributed by atoms with Crippen LogP contribution in [0.15, 0.2) is 48.5 Å². The molecule has 0 atom stereocenters. The van der Waals surface area contributed by atoms with Gasteiger partial charge in [0.2, 0.25) is 0 Å². The second-order valence-corrected chi connectivity index (χ2v) is 4.51. The lowest BCUT2D eigenvalue weighted by atomic mass is 10.2. The largest absolute Gasteiger partial charge is 0.456 e. The number of aryl methyl sites for hydroxylation is 1. The predicted molar refractivity (Wildman–Crippen MR) is 70.4 cm³/mol. The lowest BCUT2D eigenvalue weighted by molar-refractivity contribution is 0.479. The highest BCUT2D eigenvalue weighted by Crippen LogP contribution is 2.26. The summed E-state index contributed by atoms with van der Waals surface area (Å²) >= 11 is 2.27. The number of hydrogen-bond donors (Lipinski definition) is 0. The van der Waals surface area contributed by atoms with Crippen molar-refractivity contribution >= 4 is 22.6 Å². The molecule has 0 fully saturated rings. The average molecular weight is 310 g/mol. The standard InChI is InChI=1S/C13H11IO/c1-10-6-8-11(9-7-10)15-13-5-3-2-4-12(13)14/h2-9H,1H3. The molecular formula is C13H11IO. The van der Waals surface area contributed by atoms with Crippen molar-refractivity contribution < 1.29 is 4.74 Å². The van der Waals surface area contributed by atoms with Gasteiger partial charge in [-0.2, -0.15) is 0 Å². The Morgan fingerprint density at radius 2 is 1.60 bits per heavy atom. The second kappa shape index (κ2) is 4.66. The van der Waals surface area contributed by atoms with Gasteiger partial charge in [-0.25, -0.2) is 0 Å². The smallest absolute Gasteiger partial charge is 0.140 e. The SMILES string of the molecule is Cc1ccc(Oc2ccccc2I)cc1. The van der Waals surface area contributed by atoms with Crippen molar-refractivity contribution in [1.82, 2.24) is 0 Å². The predicted octanol–water partition coefficient (Wildman–Crippen LogP) is 4.39. The first-order valence-corrected chi connectivity index (χ1v) is 5.82. The van der Waals surface area contributed by atoms with Crippen LogP contribution in [0.2, 0.25) is 0 Å². The monoisotopic (exact) mass is 310 g/mol. The summed E-state index contributed by atoms with van der Waals surface area (Å²) in [4.78, 5) is 0. The highest BCUT2D eigenvalue weighted by Gasteiger charge is 2.00. The van der Waals surface area contributed by atoms with E-state index in [9.17, 15) is 0 Å². The van der Waals surface area contributed by atoms with Crippen molar-refractivity contribution in [3.05, 3.63) is 57.7 Å². The van der Waals surface area contributed by atoms with Crippen LogP contribution in [0.4, 0.5) is 0 Å². The van der Waals surface area contributed by atoms with Gasteiger partial charge in [0, 0.05) is 0 Å². The molecule has 0 amide bonds. The van der Waals surface area contributed by atoms with Gasteiger partial charge in [-0.15, -0.1) is 0 Å². The van der Waals surface area contributed by atoms with E-state index in [0.29, 0.717) is 0 Å². The van der Waals surface area contributed by atoms with Gasteiger partial charge < -0.3 is 4.74 Å². The molecule has 0 radical (unpaired) electrons. The summed E-state index contributed by atoms with van der Waals surface area (Å²) in [6.07, 6.45) is 0. The fourth-order valence-electron chi connectivity index (χ4n) is 1.26. The van der Waals surface area contributed by atoms with Gasteiger partial charge in [0.1, 0.15) is 11.5 Å². The van der Waals surface area contributed by atoms with Gasteiger partial charge in [-0.1, -0.05) is 29.8 Å². The van der Waals surface area contributed by atoms with Gasteiger partial charge in [-0.3, -0.25) is 0 Å². The number of benzene rings is 2. The molecule has 2 aromatic carbocycles. The first-order chi connectivity index (χ1) is 7.25. The summed E-state index contributed by atoms with van der Waals surface area (Å²) in [6, 6.07) is 16.0. The van der Waals surface area contributed by atoms with E-state index < -0.39 is 0 Å². The van der Waals surface area contributed by atoms with Crippen molar-refractivity contribution in [2.45, 2.75) is 6.92 Å². The molecule has 15 heavy (non-hydrogen) atoms. The molecule has 0 bridgehead atoms. The van der Waals surface area contributed by atoms with Crippen LogP contribution in [-0.2, 0) is 0 Å². The molecular weight excluding hydrogens is 299 g/mol. The number of ether oxygens (including phenoxy) is 1.